The second kappa shape index (κ2) is 8.74. The highest BCUT2D eigenvalue weighted by Gasteiger charge is 2.10. The van der Waals surface area contributed by atoms with E-state index < -0.39 is 0 Å². The number of nitrogens with one attached hydrogen (secondary N) is 1. The molecule has 0 bridgehead atoms. The van der Waals surface area contributed by atoms with Crippen molar-refractivity contribution < 1.29 is 13.7 Å². The van der Waals surface area contributed by atoms with Crippen LogP contribution in [0, 0.1) is 12.7 Å². The normalized spacial score (nSPS) is 11.2. The first kappa shape index (κ1) is 20.2. The first-order valence-electron chi connectivity index (χ1n) is 9.63. The molecule has 0 aliphatic heterocycles. The van der Waals surface area contributed by atoms with Gasteiger partial charge in [-0.05, 0) is 48.0 Å². The molecule has 31 heavy (non-hydrogen) atoms. The Labute approximate surface area is 178 Å². The van der Waals surface area contributed by atoms with Crippen LogP contribution in [-0.2, 0) is 18.3 Å². The Bertz CT molecular complexity index is 1220. The van der Waals surface area contributed by atoms with E-state index in [1.165, 1.54) is 18.2 Å². The summed E-state index contributed by atoms with van der Waals surface area (Å²) in [6.45, 7) is 1.75. The largest absolute Gasteiger partial charge is 0.340 e. The van der Waals surface area contributed by atoms with Gasteiger partial charge in [-0.25, -0.2) is 4.39 Å². The van der Waals surface area contributed by atoms with Crippen LogP contribution in [0.5, 0.6) is 0 Å². The average Bonchev–Trinajstić information content (AvgIpc) is 3.33. The smallest absolute Gasteiger partial charge is 0.248 e. The summed E-state index contributed by atoms with van der Waals surface area (Å²) in [6, 6.07) is 13.6. The van der Waals surface area contributed by atoms with Gasteiger partial charge in [0.05, 0.1) is 11.9 Å². The molecule has 0 fully saturated rings. The Kier molecular flexibility index (Phi) is 5.70. The lowest BCUT2D eigenvalue weighted by Gasteiger charge is -2.05. The minimum atomic E-state index is -0.305. The third kappa shape index (κ3) is 4.92. The number of anilines is 1. The maximum Gasteiger partial charge on any atom is 0.248 e. The van der Waals surface area contributed by atoms with Gasteiger partial charge in [0.1, 0.15) is 5.82 Å². The first-order valence-corrected chi connectivity index (χ1v) is 9.63. The van der Waals surface area contributed by atoms with Crippen LogP contribution >= 0.6 is 0 Å². The summed E-state index contributed by atoms with van der Waals surface area (Å²) in [7, 11) is 1.80. The average molecular weight is 417 g/mol. The zero-order valence-electron chi connectivity index (χ0n) is 17.0. The van der Waals surface area contributed by atoms with E-state index in [1.807, 2.05) is 24.3 Å². The predicted octanol–water partition coefficient (Wildman–Crippen LogP) is 4.16. The van der Waals surface area contributed by atoms with Gasteiger partial charge in [0, 0.05) is 43.3 Å². The summed E-state index contributed by atoms with van der Waals surface area (Å²) in [5, 5.41) is 11.0. The number of benzene rings is 2. The lowest BCUT2D eigenvalue weighted by Crippen LogP contribution is -2.07. The highest BCUT2D eigenvalue weighted by Crippen LogP contribution is 2.24. The van der Waals surface area contributed by atoms with Crippen molar-refractivity contribution in [3.8, 4) is 11.3 Å². The van der Waals surface area contributed by atoms with Gasteiger partial charge in [-0.2, -0.15) is 10.1 Å². The number of amides is 1. The van der Waals surface area contributed by atoms with Crippen LogP contribution in [-0.4, -0.2) is 25.8 Å². The number of nitrogens with zero attached hydrogens (tertiary/aromatic N) is 4. The van der Waals surface area contributed by atoms with Crippen LogP contribution in [0.3, 0.4) is 0 Å². The van der Waals surface area contributed by atoms with Crippen molar-refractivity contribution in [2.24, 2.45) is 7.05 Å². The van der Waals surface area contributed by atoms with E-state index in [-0.39, 0.29) is 11.7 Å². The molecule has 2 aromatic carbocycles. The fourth-order valence-electron chi connectivity index (χ4n) is 3.19. The van der Waals surface area contributed by atoms with Crippen molar-refractivity contribution >= 4 is 17.7 Å². The van der Waals surface area contributed by atoms with Crippen LogP contribution < -0.4 is 5.32 Å². The molecule has 4 rings (SSSR count). The van der Waals surface area contributed by atoms with Crippen molar-refractivity contribution in [1.82, 2.24) is 19.9 Å². The number of hydrogen-bond acceptors (Lipinski definition) is 5. The second-order valence-electron chi connectivity index (χ2n) is 7.00. The van der Waals surface area contributed by atoms with Crippen LogP contribution in [0.4, 0.5) is 10.1 Å². The maximum absolute atomic E-state index is 13.2. The number of rotatable bonds is 6. The lowest BCUT2D eigenvalue weighted by atomic mass is 10.1. The molecule has 1 amide bonds. The summed E-state index contributed by atoms with van der Waals surface area (Å²) < 4.78 is 19.9. The van der Waals surface area contributed by atoms with Crippen LogP contribution in [0.25, 0.3) is 17.3 Å². The monoisotopic (exact) mass is 417 g/mol. The lowest BCUT2D eigenvalue weighted by molar-refractivity contribution is -0.111. The Balaban J connectivity index is 1.41. The molecule has 4 aromatic rings. The minimum absolute atomic E-state index is 0.268. The summed E-state index contributed by atoms with van der Waals surface area (Å²) in [4.78, 5) is 16.5. The number of carbonyl (C=O) groups is 1. The Hall–Kier alpha value is -4.07. The van der Waals surface area contributed by atoms with Gasteiger partial charge >= 0.3 is 0 Å². The molecule has 0 atom stereocenters. The fourth-order valence-corrected chi connectivity index (χ4v) is 3.19. The van der Waals surface area contributed by atoms with Gasteiger partial charge in [0.15, 0.2) is 5.82 Å². The molecule has 0 spiro atoms. The van der Waals surface area contributed by atoms with E-state index in [0.717, 1.165) is 22.4 Å². The molecular formula is C23H20FN5O2. The van der Waals surface area contributed by atoms with Crippen molar-refractivity contribution in [2.75, 3.05) is 5.32 Å². The number of aromatic nitrogens is 4. The van der Waals surface area contributed by atoms with Gasteiger partial charge in [-0.3, -0.25) is 9.48 Å². The standard InChI is InChI=1S/C23H20FN5O2/c1-15-26-21(28-31-15)13-16-3-10-20(11-4-16)27-22(30)12-7-18-14-25-29(2)23(18)17-5-8-19(24)9-6-17/h3-12,14H,13H2,1-2H3,(H,27,30). The van der Waals surface area contributed by atoms with E-state index in [0.29, 0.717) is 23.8 Å². The molecule has 0 unspecified atom stereocenters. The Morgan fingerprint density at radius 2 is 1.90 bits per heavy atom. The van der Waals surface area contributed by atoms with Gasteiger partial charge in [-0.1, -0.05) is 17.3 Å². The van der Waals surface area contributed by atoms with Gasteiger partial charge in [0.2, 0.25) is 11.8 Å². The molecule has 156 valence electrons. The van der Waals surface area contributed by atoms with Gasteiger partial charge in [0.25, 0.3) is 0 Å². The van der Waals surface area contributed by atoms with Gasteiger partial charge in [-0.15, -0.1) is 0 Å². The maximum atomic E-state index is 13.2. The molecular weight excluding hydrogens is 397 g/mol. The number of aryl methyl sites for hydroxylation is 2. The summed E-state index contributed by atoms with van der Waals surface area (Å²) in [5.41, 5.74) is 4.05. The Morgan fingerprint density at radius 1 is 1.16 bits per heavy atom. The van der Waals surface area contributed by atoms with E-state index in [9.17, 15) is 9.18 Å². The van der Waals surface area contributed by atoms with Gasteiger partial charge < -0.3 is 9.84 Å². The predicted molar refractivity (Wildman–Crippen MR) is 115 cm³/mol. The quantitative estimate of drug-likeness (QED) is 0.476. The molecule has 2 heterocycles. The van der Waals surface area contributed by atoms with Crippen LogP contribution in [0.1, 0.15) is 22.8 Å². The van der Waals surface area contributed by atoms with Crippen LogP contribution in [0.2, 0.25) is 0 Å². The molecule has 0 aliphatic rings. The fraction of sp³-hybridized carbons (Fsp3) is 0.130. The van der Waals surface area contributed by atoms with E-state index in [2.05, 4.69) is 20.6 Å². The van der Waals surface area contributed by atoms with E-state index in [1.54, 1.807) is 43.1 Å². The zero-order valence-corrected chi connectivity index (χ0v) is 17.0. The molecule has 0 saturated heterocycles. The molecule has 0 saturated carbocycles. The Morgan fingerprint density at radius 3 is 2.58 bits per heavy atom. The number of hydrogen-bond donors (Lipinski definition) is 1. The third-order valence-electron chi connectivity index (χ3n) is 4.65. The molecule has 0 aliphatic carbocycles. The highest BCUT2D eigenvalue weighted by molar-refractivity contribution is 6.02. The molecule has 0 radical (unpaired) electrons. The van der Waals surface area contributed by atoms with Crippen molar-refractivity contribution in [2.45, 2.75) is 13.3 Å². The molecule has 2 aromatic heterocycles. The zero-order chi connectivity index (χ0) is 21.8. The highest BCUT2D eigenvalue weighted by atomic mass is 19.1. The minimum Gasteiger partial charge on any atom is -0.340 e. The number of halogens is 1. The summed E-state index contributed by atoms with van der Waals surface area (Å²) in [5.74, 6) is 0.573. The second-order valence-corrected chi connectivity index (χ2v) is 7.00. The SMILES string of the molecule is Cc1nc(Cc2ccc(NC(=O)C=Cc3cnn(C)c3-c3ccc(F)cc3)cc2)no1. The van der Waals surface area contributed by atoms with Crippen molar-refractivity contribution in [3.05, 3.63) is 89.5 Å². The topological polar surface area (TPSA) is 85.8 Å². The van der Waals surface area contributed by atoms with Crippen molar-refractivity contribution in [3.63, 3.8) is 0 Å². The molecule has 1 N–H and O–H groups in total. The van der Waals surface area contributed by atoms with Crippen molar-refractivity contribution in [1.29, 1.82) is 0 Å². The van der Waals surface area contributed by atoms with E-state index in [4.69, 9.17) is 4.52 Å². The molecule has 8 heteroatoms. The molecule has 7 nitrogen and oxygen atoms in total. The summed E-state index contributed by atoms with van der Waals surface area (Å²) >= 11 is 0. The summed E-state index contributed by atoms with van der Waals surface area (Å²) in [6.07, 6.45) is 5.35. The number of carbonyl (C=O) groups excluding carboxylic acids is 1. The van der Waals surface area contributed by atoms with E-state index >= 15 is 0 Å². The third-order valence-corrected chi connectivity index (χ3v) is 4.65. The first-order chi connectivity index (χ1) is 15.0. The van der Waals surface area contributed by atoms with Crippen LogP contribution in [0.15, 0.2) is 65.3 Å².